The average Bonchev–Trinajstić information content (AvgIpc) is 2.64. The fraction of sp³-hybridized carbons (Fsp3) is 0.316. The number of rotatable bonds is 6. The van der Waals surface area contributed by atoms with Gasteiger partial charge in [0.15, 0.2) is 5.96 Å². The lowest BCUT2D eigenvalue weighted by Crippen LogP contribution is -2.37. The van der Waals surface area contributed by atoms with Crippen LogP contribution in [0.5, 0.6) is 5.75 Å². The Bertz CT molecular complexity index is 734. The molecule has 0 fully saturated rings. The molecule has 2 aromatic carbocycles. The lowest BCUT2D eigenvalue weighted by molar-refractivity contribution is -0.137. The molecule has 2 rings (SSSR count). The van der Waals surface area contributed by atoms with Crippen molar-refractivity contribution < 1.29 is 17.9 Å². The van der Waals surface area contributed by atoms with Crippen molar-refractivity contribution >= 4 is 29.9 Å². The van der Waals surface area contributed by atoms with Crippen molar-refractivity contribution in [3.8, 4) is 5.75 Å². The molecule has 0 atom stereocenters. The molecular weight excluding hydrogens is 470 g/mol. The number of ether oxygens (including phenoxy) is 1. The van der Waals surface area contributed by atoms with Gasteiger partial charge in [0, 0.05) is 20.1 Å². The summed E-state index contributed by atoms with van der Waals surface area (Å²) in [7, 11) is 3.24. The zero-order chi connectivity index (χ0) is 19.0. The van der Waals surface area contributed by atoms with Gasteiger partial charge in [-0.05, 0) is 41.8 Å². The first kappa shape index (κ1) is 23.1. The van der Waals surface area contributed by atoms with E-state index in [-0.39, 0.29) is 30.5 Å². The van der Waals surface area contributed by atoms with Crippen LogP contribution in [0.2, 0.25) is 0 Å². The maximum atomic E-state index is 12.7. The van der Waals surface area contributed by atoms with Gasteiger partial charge in [-0.15, -0.1) is 24.0 Å². The Kier molecular flexibility index (Phi) is 9.40. The van der Waals surface area contributed by atoms with Gasteiger partial charge in [0.1, 0.15) is 5.75 Å². The lowest BCUT2D eigenvalue weighted by atomic mass is 10.1. The molecule has 4 nitrogen and oxygen atoms in total. The highest BCUT2D eigenvalue weighted by Gasteiger charge is 2.30. The summed E-state index contributed by atoms with van der Waals surface area (Å²) < 4.78 is 43.3. The number of nitrogens with one attached hydrogen (secondary N) is 2. The van der Waals surface area contributed by atoms with Crippen molar-refractivity contribution in [1.29, 1.82) is 0 Å². The van der Waals surface area contributed by atoms with Crippen LogP contribution in [0.15, 0.2) is 53.5 Å². The Labute approximate surface area is 174 Å². The molecule has 0 radical (unpaired) electrons. The van der Waals surface area contributed by atoms with Crippen LogP contribution >= 0.6 is 24.0 Å². The molecule has 2 aromatic rings. The third-order valence-electron chi connectivity index (χ3n) is 3.80. The third kappa shape index (κ3) is 7.66. The first-order chi connectivity index (χ1) is 12.4. The topological polar surface area (TPSA) is 45.7 Å². The predicted octanol–water partition coefficient (Wildman–Crippen LogP) is 4.24. The van der Waals surface area contributed by atoms with E-state index in [4.69, 9.17) is 4.74 Å². The van der Waals surface area contributed by atoms with E-state index in [1.165, 1.54) is 6.07 Å². The van der Waals surface area contributed by atoms with E-state index < -0.39 is 11.7 Å². The van der Waals surface area contributed by atoms with Crippen molar-refractivity contribution in [2.24, 2.45) is 4.99 Å². The molecule has 0 heterocycles. The van der Waals surface area contributed by atoms with Crippen LogP contribution in [-0.2, 0) is 19.1 Å². The van der Waals surface area contributed by atoms with Gasteiger partial charge in [-0.25, -0.2) is 0 Å². The van der Waals surface area contributed by atoms with Gasteiger partial charge in [0.05, 0.1) is 12.7 Å². The van der Waals surface area contributed by atoms with Gasteiger partial charge in [-0.3, -0.25) is 4.99 Å². The molecule has 2 N–H and O–H groups in total. The zero-order valence-corrected chi connectivity index (χ0v) is 17.5. The highest BCUT2D eigenvalue weighted by molar-refractivity contribution is 14.0. The smallest absolute Gasteiger partial charge is 0.416 e. The Hall–Kier alpha value is -1.97. The van der Waals surface area contributed by atoms with E-state index in [1.54, 1.807) is 20.2 Å². The van der Waals surface area contributed by atoms with E-state index in [0.717, 1.165) is 29.9 Å². The molecule has 0 aromatic heterocycles. The van der Waals surface area contributed by atoms with Crippen LogP contribution in [0.1, 0.15) is 16.7 Å². The second-order valence-corrected chi connectivity index (χ2v) is 5.65. The lowest BCUT2D eigenvalue weighted by Gasteiger charge is -2.13. The summed E-state index contributed by atoms with van der Waals surface area (Å²) in [5.41, 5.74) is 1.03. The van der Waals surface area contributed by atoms with Gasteiger partial charge in [-0.1, -0.05) is 24.3 Å². The Balaban J connectivity index is 0.00000364. The summed E-state index contributed by atoms with van der Waals surface area (Å²) in [6.07, 6.45) is -3.55. The number of hydrogen-bond donors (Lipinski definition) is 2. The predicted molar refractivity (Wildman–Crippen MR) is 112 cm³/mol. The number of hydrogen-bond acceptors (Lipinski definition) is 2. The van der Waals surface area contributed by atoms with Crippen LogP contribution in [0.3, 0.4) is 0 Å². The largest absolute Gasteiger partial charge is 0.497 e. The molecule has 0 saturated heterocycles. The minimum Gasteiger partial charge on any atom is -0.497 e. The zero-order valence-electron chi connectivity index (χ0n) is 15.1. The molecule has 8 heteroatoms. The van der Waals surface area contributed by atoms with Crippen molar-refractivity contribution in [1.82, 2.24) is 10.6 Å². The van der Waals surface area contributed by atoms with E-state index in [9.17, 15) is 13.2 Å². The molecule has 0 amide bonds. The fourth-order valence-electron chi connectivity index (χ4n) is 2.38. The van der Waals surface area contributed by atoms with Gasteiger partial charge in [0.2, 0.25) is 0 Å². The number of guanidine groups is 1. The molecule has 27 heavy (non-hydrogen) atoms. The Morgan fingerprint density at radius 1 is 1.04 bits per heavy atom. The minimum atomic E-state index is -4.34. The molecule has 0 unspecified atom stereocenters. The summed E-state index contributed by atoms with van der Waals surface area (Å²) in [6, 6.07) is 13.0. The van der Waals surface area contributed by atoms with Gasteiger partial charge in [0.25, 0.3) is 0 Å². The number of nitrogens with zero attached hydrogens (tertiary/aromatic N) is 1. The molecule has 0 saturated carbocycles. The van der Waals surface area contributed by atoms with Crippen molar-refractivity contribution in [2.45, 2.75) is 19.1 Å². The van der Waals surface area contributed by atoms with Crippen molar-refractivity contribution in [3.05, 3.63) is 65.2 Å². The van der Waals surface area contributed by atoms with Crippen LogP contribution in [0.25, 0.3) is 0 Å². The quantitative estimate of drug-likeness (QED) is 0.360. The van der Waals surface area contributed by atoms with Crippen LogP contribution in [0, 0.1) is 0 Å². The summed E-state index contributed by atoms with van der Waals surface area (Å²) in [5.74, 6) is 1.34. The monoisotopic (exact) mass is 493 g/mol. The standard InChI is InChI=1S/C19H22F3N3O.HI/c1-23-18(24-11-10-14-6-8-17(26-2)9-7-14)25-13-15-4-3-5-16(12-15)19(20,21)22;/h3-9,12H,10-11,13H2,1-2H3,(H2,23,24,25);1H. The summed E-state index contributed by atoms with van der Waals surface area (Å²) in [6.45, 7) is 0.903. The number of alkyl halides is 3. The first-order valence-electron chi connectivity index (χ1n) is 8.16. The molecule has 0 aliphatic carbocycles. The SMILES string of the molecule is CN=C(NCCc1ccc(OC)cc1)NCc1cccc(C(F)(F)F)c1.I. The van der Waals surface area contributed by atoms with E-state index >= 15 is 0 Å². The highest BCUT2D eigenvalue weighted by atomic mass is 127. The van der Waals surface area contributed by atoms with Gasteiger partial charge < -0.3 is 15.4 Å². The molecular formula is C19H23F3IN3O. The molecule has 0 spiro atoms. The molecule has 0 aliphatic heterocycles. The maximum absolute atomic E-state index is 12.7. The molecule has 148 valence electrons. The maximum Gasteiger partial charge on any atom is 0.416 e. The van der Waals surface area contributed by atoms with E-state index in [1.807, 2.05) is 24.3 Å². The summed E-state index contributed by atoms with van der Waals surface area (Å²) in [5, 5.41) is 6.17. The van der Waals surface area contributed by atoms with Crippen molar-refractivity contribution in [2.75, 3.05) is 20.7 Å². The van der Waals surface area contributed by atoms with Crippen LogP contribution in [-0.4, -0.2) is 26.7 Å². The second-order valence-electron chi connectivity index (χ2n) is 5.65. The number of benzene rings is 2. The van der Waals surface area contributed by atoms with Gasteiger partial charge in [-0.2, -0.15) is 13.2 Å². The van der Waals surface area contributed by atoms with Crippen LogP contribution in [0.4, 0.5) is 13.2 Å². The molecule has 0 aliphatic rings. The van der Waals surface area contributed by atoms with E-state index in [0.29, 0.717) is 18.1 Å². The Morgan fingerprint density at radius 2 is 1.74 bits per heavy atom. The highest BCUT2D eigenvalue weighted by Crippen LogP contribution is 2.29. The van der Waals surface area contributed by atoms with Crippen molar-refractivity contribution in [3.63, 3.8) is 0 Å². The minimum absolute atomic E-state index is 0. The third-order valence-corrected chi connectivity index (χ3v) is 3.80. The average molecular weight is 493 g/mol. The van der Waals surface area contributed by atoms with E-state index in [2.05, 4.69) is 15.6 Å². The van der Waals surface area contributed by atoms with Crippen LogP contribution < -0.4 is 15.4 Å². The Morgan fingerprint density at radius 3 is 2.33 bits per heavy atom. The number of halogens is 4. The second kappa shape index (κ2) is 11.0. The number of methoxy groups -OCH3 is 1. The first-order valence-corrected chi connectivity index (χ1v) is 8.16. The summed E-state index contributed by atoms with van der Waals surface area (Å²) in [4.78, 5) is 4.09. The van der Waals surface area contributed by atoms with Gasteiger partial charge >= 0.3 is 6.18 Å². The number of aliphatic imine (C=N–C) groups is 1. The fourth-order valence-corrected chi connectivity index (χ4v) is 2.38. The molecule has 0 bridgehead atoms. The normalized spacial score (nSPS) is 11.5. The summed E-state index contributed by atoms with van der Waals surface area (Å²) >= 11 is 0.